The summed E-state index contributed by atoms with van der Waals surface area (Å²) in [5, 5.41) is 4.27. The van der Waals surface area contributed by atoms with Crippen molar-refractivity contribution >= 4 is 52.3 Å². The first kappa shape index (κ1) is 20.2. The second-order valence-electron chi connectivity index (χ2n) is 5.53. The summed E-state index contributed by atoms with van der Waals surface area (Å²) in [6.45, 7) is 2.49. The van der Waals surface area contributed by atoms with Crippen LogP contribution < -0.4 is 5.32 Å². The van der Waals surface area contributed by atoms with E-state index in [0.29, 0.717) is 12.3 Å². The number of fused-ring (bicyclic) bond motifs is 1. The molecule has 1 fully saturated rings. The van der Waals surface area contributed by atoms with Crippen molar-refractivity contribution in [3.63, 3.8) is 0 Å². The van der Waals surface area contributed by atoms with Gasteiger partial charge in [-0.15, -0.1) is 36.2 Å². The number of thiazole rings is 1. The minimum atomic E-state index is 0. The maximum Gasteiger partial charge on any atom is 0.223 e. The Bertz CT molecular complexity index is 594. The van der Waals surface area contributed by atoms with Gasteiger partial charge >= 0.3 is 0 Å². The third-order valence-electron chi connectivity index (χ3n) is 4.10. The molecule has 4 nitrogen and oxygen atoms in total. The van der Waals surface area contributed by atoms with E-state index in [1.807, 2.05) is 18.0 Å². The van der Waals surface area contributed by atoms with Gasteiger partial charge in [0, 0.05) is 32.0 Å². The summed E-state index contributed by atoms with van der Waals surface area (Å²) in [6, 6.07) is 8.31. The molecule has 0 aliphatic carbocycles. The zero-order chi connectivity index (χ0) is 14.7. The first-order valence-electron chi connectivity index (χ1n) is 7.56. The van der Waals surface area contributed by atoms with Crippen molar-refractivity contribution in [1.29, 1.82) is 0 Å². The van der Waals surface area contributed by atoms with Crippen molar-refractivity contribution in [2.75, 3.05) is 26.7 Å². The average Bonchev–Trinajstić information content (AvgIpc) is 2.96. The summed E-state index contributed by atoms with van der Waals surface area (Å²) in [5.74, 6) is 0.780. The predicted molar refractivity (Wildman–Crippen MR) is 101 cm³/mol. The number of rotatable bonds is 4. The molecule has 1 aromatic heterocycles. The van der Waals surface area contributed by atoms with Gasteiger partial charge in [-0.25, -0.2) is 4.98 Å². The quantitative estimate of drug-likeness (QED) is 0.889. The van der Waals surface area contributed by atoms with Crippen molar-refractivity contribution in [2.45, 2.75) is 25.2 Å². The molecule has 2 aromatic rings. The van der Waals surface area contributed by atoms with Crippen molar-refractivity contribution < 1.29 is 4.79 Å². The monoisotopic (exact) mass is 375 g/mol. The van der Waals surface area contributed by atoms with Gasteiger partial charge in [0.05, 0.1) is 15.2 Å². The van der Waals surface area contributed by atoms with Gasteiger partial charge in [-0.3, -0.25) is 4.79 Å². The fraction of sp³-hybridized carbons (Fsp3) is 0.500. The SMILES string of the molecule is CNCCC(=O)N1CCC(c2nc3ccccc3s2)CC1.Cl.Cl. The molecule has 0 spiro atoms. The van der Waals surface area contributed by atoms with Crippen molar-refractivity contribution in [1.82, 2.24) is 15.2 Å². The lowest BCUT2D eigenvalue weighted by Gasteiger charge is -2.31. The fourth-order valence-electron chi connectivity index (χ4n) is 2.83. The average molecular weight is 376 g/mol. The summed E-state index contributed by atoms with van der Waals surface area (Å²) in [7, 11) is 1.88. The van der Waals surface area contributed by atoms with E-state index in [1.165, 1.54) is 9.71 Å². The van der Waals surface area contributed by atoms with Gasteiger partial charge in [0.1, 0.15) is 0 Å². The minimum absolute atomic E-state index is 0. The van der Waals surface area contributed by atoms with E-state index < -0.39 is 0 Å². The Balaban J connectivity index is 0.00000132. The van der Waals surface area contributed by atoms with E-state index in [-0.39, 0.29) is 30.7 Å². The van der Waals surface area contributed by atoms with Crippen LogP contribution >= 0.6 is 36.2 Å². The Morgan fingerprint density at radius 3 is 2.65 bits per heavy atom. The number of hydrogen-bond donors (Lipinski definition) is 1. The normalized spacial score (nSPS) is 15.1. The van der Waals surface area contributed by atoms with Crippen LogP contribution in [0, 0.1) is 0 Å². The summed E-state index contributed by atoms with van der Waals surface area (Å²) < 4.78 is 1.26. The highest BCUT2D eigenvalue weighted by atomic mass is 35.5. The number of para-hydroxylation sites is 1. The number of benzene rings is 1. The zero-order valence-corrected chi connectivity index (χ0v) is 15.6. The molecule has 2 heterocycles. The van der Waals surface area contributed by atoms with Gasteiger partial charge in [0.2, 0.25) is 5.91 Å². The van der Waals surface area contributed by atoms with Crippen molar-refractivity contribution in [3.05, 3.63) is 29.3 Å². The molecule has 0 unspecified atom stereocenters. The number of hydrogen-bond acceptors (Lipinski definition) is 4. The number of piperidine rings is 1. The van der Waals surface area contributed by atoms with E-state index in [4.69, 9.17) is 4.98 Å². The molecule has 1 saturated heterocycles. The number of likely N-dealkylation sites (tertiary alicyclic amines) is 1. The molecule has 1 N–H and O–H groups in total. The molecule has 23 heavy (non-hydrogen) atoms. The lowest BCUT2D eigenvalue weighted by molar-refractivity contribution is -0.132. The highest BCUT2D eigenvalue weighted by molar-refractivity contribution is 7.18. The summed E-state index contributed by atoms with van der Waals surface area (Å²) >= 11 is 1.80. The standard InChI is InChI=1S/C16H21N3OS.2ClH/c1-17-9-6-15(20)19-10-7-12(8-11-19)16-18-13-4-2-3-5-14(13)21-16;;/h2-5,12,17H,6-11H2,1H3;2*1H. The predicted octanol–water partition coefficient (Wildman–Crippen LogP) is 3.46. The molecule has 7 heteroatoms. The largest absolute Gasteiger partial charge is 0.343 e. The second kappa shape index (κ2) is 9.42. The van der Waals surface area contributed by atoms with Gasteiger partial charge in [0.15, 0.2) is 0 Å². The van der Waals surface area contributed by atoms with Crippen LogP contribution in [0.5, 0.6) is 0 Å². The van der Waals surface area contributed by atoms with Crippen LogP contribution in [0.1, 0.15) is 30.2 Å². The molecule has 0 saturated carbocycles. The van der Waals surface area contributed by atoms with Gasteiger partial charge in [-0.1, -0.05) is 12.1 Å². The van der Waals surface area contributed by atoms with E-state index in [1.54, 1.807) is 11.3 Å². The topological polar surface area (TPSA) is 45.2 Å². The number of aromatic nitrogens is 1. The van der Waals surface area contributed by atoms with Crippen LogP contribution in [0.3, 0.4) is 0 Å². The number of halogens is 2. The fourth-order valence-corrected chi connectivity index (χ4v) is 3.97. The first-order chi connectivity index (χ1) is 10.3. The van der Waals surface area contributed by atoms with Gasteiger partial charge in [-0.05, 0) is 32.0 Å². The summed E-state index contributed by atoms with van der Waals surface area (Å²) in [5.41, 5.74) is 1.10. The molecule has 0 radical (unpaired) electrons. The number of nitrogens with zero attached hydrogens (tertiary/aromatic N) is 2. The van der Waals surface area contributed by atoms with Gasteiger partial charge < -0.3 is 10.2 Å². The molecule has 0 atom stereocenters. The highest BCUT2D eigenvalue weighted by Gasteiger charge is 2.25. The first-order valence-corrected chi connectivity index (χ1v) is 8.37. The van der Waals surface area contributed by atoms with E-state index in [2.05, 4.69) is 23.5 Å². The summed E-state index contributed by atoms with van der Waals surface area (Å²) in [6.07, 6.45) is 2.67. The maximum atomic E-state index is 12.0. The van der Waals surface area contributed by atoms with Crippen LogP contribution in [0.25, 0.3) is 10.2 Å². The Morgan fingerprint density at radius 2 is 2.00 bits per heavy atom. The van der Waals surface area contributed by atoms with Crippen LogP contribution in [-0.4, -0.2) is 42.5 Å². The van der Waals surface area contributed by atoms with Gasteiger partial charge in [-0.2, -0.15) is 0 Å². The third-order valence-corrected chi connectivity index (χ3v) is 5.30. The lowest BCUT2D eigenvalue weighted by Crippen LogP contribution is -2.38. The van der Waals surface area contributed by atoms with E-state index in [0.717, 1.165) is 38.0 Å². The molecular weight excluding hydrogens is 353 g/mol. The van der Waals surface area contributed by atoms with Crippen LogP contribution in [0.2, 0.25) is 0 Å². The smallest absolute Gasteiger partial charge is 0.223 e. The van der Waals surface area contributed by atoms with Crippen LogP contribution in [-0.2, 0) is 4.79 Å². The zero-order valence-electron chi connectivity index (χ0n) is 13.2. The molecule has 1 aromatic carbocycles. The van der Waals surface area contributed by atoms with E-state index in [9.17, 15) is 4.79 Å². The minimum Gasteiger partial charge on any atom is -0.343 e. The number of nitrogens with one attached hydrogen (secondary N) is 1. The van der Waals surface area contributed by atoms with Crippen LogP contribution in [0.15, 0.2) is 24.3 Å². The maximum absolute atomic E-state index is 12.0. The number of carbonyl (C=O) groups excluding carboxylic acids is 1. The number of amides is 1. The Hall–Kier alpha value is -0.880. The lowest BCUT2D eigenvalue weighted by atomic mass is 9.97. The van der Waals surface area contributed by atoms with Crippen LogP contribution in [0.4, 0.5) is 0 Å². The molecular formula is C16H23Cl2N3OS. The molecule has 3 rings (SSSR count). The van der Waals surface area contributed by atoms with Crippen molar-refractivity contribution in [2.24, 2.45) is 0 Å². The third kappa shape index (κ3) is 4.80. The Morgan fingerprint density at radius 1 is 1.30 bits per heavy atom. The molecule has 1 aliphatic heterocycles. The molecule has 0 bridgehead atoms. The second-order valence-corrected chi connectivity index (χ2v) is 6.59. The molecule has 1 amide bonds. The summed E-state index contributed by atoms with van der Waals surface area (Å²) in [4.78, 5) is 18.8. The molecule has 128 valence electrons. The highest BCUT2D eigenvalue weighted by Crippen LogP contribution is 2.33. The Kier molecular flexibility index (Phi) is 8.26. The number of carbonyl (C=O) groups is 1. The Labute approximate surface area is 153 Å². The van der Waals surface area contributed by atoms with Crippen molar-refractivity contribution in [3.8, 4) is 0 Å². The molecule has 1 aliphatic rings. The van der Waals surface area contributed by atoms with E-state index >= 15 is 0 Å². The van der Waals surface area contributed by atoms with Gasteiger partial charge in [0.25, 0.3) is 0 Å².